The summed E-state index contributed by atoms with van der Waals surface area (Å²) in [5.74, 6) is -0.246. The van der Waals surface area contributed by atoms with Gasteiger partial charge in [0, 0.05) is 18.7 Å². The number of nitrogens with one attached hydrogen (secondary N) is 1. The Hall–Kier alpha value is -1.62. The first-order chi connectivity index (χ1) is 9.01. The number of nitrogens with two attached hydrogens (primary N) is 1. The molecule has 3 N–H and O–H groups in total. The molecule has 0 aliphatic rings. The van der Waals surface area contributed by atoms with Crippen molar-refractivity contribution >= 4 is 5.91 Å². The van der Waals surface area contributed by atoms with Crippen LogP contribution in [0, 0.1) is 5.82 Å². The summed E-state index contributed by atoms with van der Waals surface area (Å²) in [6.45, 7) is 4.32. The van der Waals surface area contributed by atoms with Gasteiger partial charge < -0.3 is 15.8 Å². The fraction of sp³-hybridized carbons (Fsp3) is 0.500. The monoisotopic (exact) mass is 268 g/mol. The van der Waals surface area contributed by atoms with Gasteiger partial charge in [0.25, 0.3) is 5.91 Å². The summed E-state index contributed by atoms with van der Waals surface area (Å²) >= 11 is 0. The molecule has 1 rings (SSSR count). The molecule has 0 aliphatic carbocycles. The number of carbonyl (C=O) groups is 1. The van der Waals surface area contributed by atoms with E-state index in [1.807, 2.05) is 13.8 Å². The standard InChI is InChI=1S/C14H21FN2O2/c1-3-4-17-14(18)9-19-13-7-11(5-10(2)16)6-12(15)8-13/h6-8,10H,3-5,9,16H2,1-2H3,(H,17,18). The predicted octanol–water partition coefficient (Wildman–Crippen LogP) is 1.62. The molecule has 1 aromatic carbocycles. The Morgan fingerprint density at radius 2 is 2.21 bits per heavy atom. The molecule has 0 aliphatic heterocycles. The Balaban J connectivity index is 2.57. The summed E-state index contributed by atoms with van der Waals surface area (Å²) in [7, 11) is 0. The molecule has 4 nitrogen and oxygen atoms in total. The molecular weight excluding hydrogens is 247 g/mol. The first kappa shape index (κ1) is 15.4. The third-order valence-electron chi connectivity index (χ3n) is 2.43. The molecule has 0 spiro atoms. The van der Waals surface area contributed by atoms with Gasteiger partial charge in [0.2, 0.25) is 0 Å². The Labute approximate surface area is 113 Å². The van der Waals surface area contributed by atoms with Crippen LogP contribution in [-0.2, 0) is 11.2 Å². The van der Waals surface area contributed by atoms with Gasteiger partial charge in [-0.15, -0.1) is 0 Å². The van der Waals surface area contributed by atoms with Crippen LogP contribution in [0.15, 0.2) is 18.2 Å². The number of amides is 1. The predicted molar refractivity (Wildman–Crippen MR) is 72.5 cm³/mol. The zero-order valence-corrected chi connectivity index (χ0v) is 11.4. The van der Waals surface area contributed by atoms with Crippen LogP contribution in [0.2, 0.25) is 0 Å². The second kappa shape index (κ2) is 7.74. The van der Waals surface area contributed by atoms with Crippen molar-refractivity contribution in [3.63, 3.8) is 0 Å². The van der Waals surface area contributed by atoms with Crippen molar-refractivity contribution in [3.05, 3.63) is 29.6 Å². The van der Waals surface area contributed by atoms with Gasteiger partial charge in [0.05, 0.1) is 0 Å². The molecule has 0 heterocycles. The molecule has 0 aromatic heterocycles. The van der Waals surface area contributed by atoms with E-state index in [1.54, 1.807) is 6.07 Å². The third-order valence-corrected chi connectivity index (χ3v) is 2.43. The van der Waals surface area contributed by atoms with Crippen molar-refractivity contribution in [1.82, 2.24) is 5.32 Å². The summed E-state index contributed by atoms with van der Waals surface area (Å²) in [5.41, 5.74) is 6.44. The molecule has 1 amide bonds. The average molecular weight is 268 g/mol. The molecule has 5 heteroatoms. The summed E-state index contributed by atoms with van der Waals surface area (Å²) in [6.07, 6.45) is 1.43. The minimum absolute atomic E-state index is 0.0532. The van der Waals surface area contributed by atoms with Gasteiger partial charge >= 0.3 is 0 Å². The zero-order chi connectivity index (χ0) is 14.3. The van der Waals surface area contributed by atoms with Gasteiger partial charge in [-0.05, 0) is 37.5 Å². The zero-order valence-electron chi connectivity index (χ0n) is 11.4. The number of hydrogen-bond acceptors (Lipinski definition) is 3. The Morgan fingerprint density at radius 3 is 2.84 bits per heavy atom. The number of benzene rings is 1. The summed E-state index contributed by atoms with van der Waals surface area (Å²) in [6, 6.07) is 4.34. The van der Waals surface area contributed by atoms with Crippen molar-refractivity contribution in [2.24, 2.45) is 5.73 Å². The van der Waals surface area contributed by atoms with Gasteiger partial charge in [0.15, 0.2) is 6.61 Å². The maximum Gasteiger partial charge on any atom is 0.257 e. The van der Waals surface area contributed by atoms with E-state index in [9.17, 15) is 9.18 Å². The Morgan fingerprint density at radius 1 is 1.47 bits per heavy atom. The van der Waals surface area contributed by atoms with Crippen molar-refractivity contribution in [1.29, 1.82) is 0 Å². The van der Waals surface area contributed by atoms with E-state index < -0.39 is 0 Å². The lowest BCUT2D eigenvalue weighted by Gasteiger charge is -2.10. The second-order valence-corrected chi connectivity index (χ2v) is 4.62. The highest BCUT2D eigenvalue weighted by molar-refractivity contribution is 5.77. The van der Waals surface area contributed by atoms with Crippen LogP contribution in [0.5, 0.6) is 5.75 Å². The fourth-order valence-corrected chi connectivity index (χ4v) is 1.66. The van der Waals surface area contributed by atoms with Crippen LogP contribution >= 0.6 is 0 Å². The minimum Gasteiger partial charge on any atom is -0.484 e. The SMILES string of the molecule is CCCNC(=O)COc1cc(F)cc(CC(C)N)c1. The molecule has 0 saturated carbocycles. The summed E-state index contributed by atoms with van der Waals surface area (Å²) in [4.78, 5) is 11.4. The molecule has 106 valence electrons. The summed E-state index contributed by atoms with van der Waals surface area (Å²) < 4.78 is 18.7. The Kier molecular flexibility index (Phi) is 6.29. The number of carbonyl (C=O) groups excluding carboxylic acids is 1. The van der Waals surface area contributed by atoms with Crippen molar-refractivity contribution in [3.8, 4) is 5.75 Å². The van der Waals surface area contributed by atoms with E-state index in [0.717, 1.165) is 12.0 Å². The minimum atomic E-state index is -0.387. The van der Waals surface area contributed by atoms with E-state index in [4.69, 9.17) is 10.5 Å². The molecule has 1 aromatic rings. The van der Waals surface area contributed by atoms with Crippen LogP contribution in [0.4, 0.5) is 4.39 Å². The lowest BCUT2D eigenvalue weighted by atomic mass is 10.1. The van der Waals surface area contributed by atoms with Gasteiger partial charge in [-0.25, -0.2) is 4.39 Å². The van der Waals surface area contributed by atoms with E-state index in [-0.39, 0.29) is 24.4 Å². The number of hydrogen-bond donors (Lipinski definition) is 2. The number of rotatable bonds is 7. The molecule has 0 bridgehead atoms. The van der Waals surface area contributed by atoms with Gasteiger partial charge in [-0.1, -0.05) is 6.92 Å². The lowest BCUT2D eigenvalue weighted by molar-refractivity contribution is -0.123. The van der Waals surface area contributed by atoms with E-state index in [1.165, 1.54) is 12.1 Å². The number of halogens is 1. The molecule has 0 radical (unpaired) electrons. The molecule has 19 heavy (non-hydrogen) atoms. The summed E-state index contributed by atoms with van der Waals surface area (Å²) in [5, 5.41) is 2.69. The highest BCUT2D eigenvalue weighted by Gasteiger charge is 2.06. The van der Waals surface area contributed by atoms with E-state index >= 15 is 0 Å². The quantitative estimate of drug-likeness (QED) is 0.790. The largest absolute Gasteiger partial charge is 0.484 e. The molecule has 0 fully saturated rings. The fourth-order valence-electron chi connectivity index (χ4n) is 1.66. The van der Waals surface area contributed by atoms with Crippen molar-refractivity contribution in [2.75, 3.05) is 13.2 Å². The maximum atomic E-state index is 13.4. The Bertz CT molecular complexity index is 422. The third kappa shape index (κ3) is 6.20. The van der Waals surface area contributed by atoms with Crippen LogP contribution in [0.1, 0.15) is 25.8 Å². The van der Waals surface area contributed by atoms with Crippen molar-refractivity contribution in [2.45, 2.75) is 32.7 Å². The van der Waals surface area contributed by atoms with Crippen LogP contribution in [0.3, 0.4) is 0 Å². The molecular formula is C14H21FN2O2. The van der Waals surface area contributed by atoms with E-state index in [0.29, 0.717) is 18.7 Å². The average Bonchev–Trinajstić information content (AvgIpc) is 2.32. The maximum absolute atomic E-state index is 13.4. The molecule has 0 saturated heterocycles. The topological polar surface area (TPSA) is 64.3 Å². The van der Waals surface area contributed by atoms with Gasteiger partial charge in [0.1, 0.15) is 11.6 Å². The lowest BCUT2D eigenvalue weighted by Crippen LogP contribution is -2.29. The van der Waals surface area contributed by atoms with Crippen molar-refractivity contribution < 1.29 is 13.9 Å². The van der Waals surface area contributed by atoms with Crippen LogP contribution in [0.25, 0.3) is 0 Å². The highest BCUT2D eigenvalue weighted by atomic mass is 19.1. The van der Waals surface area contributed by atoms with Gasteiger partial charge in [-0.2, -0.15) is 0 Å². The van der Waals surface area contributed by atoms with Crippen LogP contribution < -0.4 is 15.8 Å². The van der Waals surface area contributed by atoms with E-state index in [2.05, 4.69) is 5.32 Å². The second-order valence-electron chi connectivity index (χ2n) is 4.62. The highest BCUT2D eigenvalue weighted by Crippen LogP contribution is 2.17. The first-order valence-corrected chi connectivity index (χ1v) is 6.45. The van der Waals surface area contributed by atoms with Crippen LogP contribution in [-0.4, -0.2) is 25.1 Å². The normalized spacial score (nSPS) is 12.0. The number of ether oxygens (including phenoxy) is 1. The van der Waals surface area contributed by atoms with Gasteiger partial charge in [-0.3, -0.25) is 4.79 Å². The molecule has 1 unspecified atom stereocenters. The molecule has 1 atom stereocenters. The first-order valence-electron chi connectivity index (χ1n) is 6.45. The smallest absolute Gasteiger partial charge is 0.257 e.